The Kier molecular flexibility index (Phi) is 6.80. The van der Waals surface area contributed by atoms with E-state index in [4.69, 9.17) is 9.40 Å². The average Bonchev–Trinajstić information content (AvgIpc) is 3.66. The number of fused-ring (bicyclic) bond motifs is 1. The molecule has 0 saturated carbocycles. The number of para-hydroxylation sites is 2. The van der Waals surface area contributed by atoms with E-state index in [1.807, 2.05) is 66.7 Å². The van der Waals surface area contributed by atoms with E-state index in [-0.39, 0.29) is 11.7 Å². The molecule has 6 nitrogen and oxygen atoms in total. The van der Waals surface area contributed by atoms with Gasteiger partial charge >= 0.3 is 0 Å². The number of hydrogen-bond acceptors (Lipinski definition) is 6. The lowest BCUT2D eigenvalue weighted by Crippen LogP contribution is -2.30. The number of anilines is 2. The van der Waals surface area contributed by atoms with Crippen LogP contribution in [0.15, 0.2) is 135 Å². The van der Waals surface area contributed by atoms with Crippen LogP contribution in [-0.4, -0.2) is 22.6 Å². The maximum atomic E-state index is 13.7. The highest BCUT2D eigenvalue weighted by Crippen LogP contribution is 2.40. The Hall–Kier alpha value is -4.75. The third-order valence-electron chi connectivity index (χ3n) is 7.71. The summed E-state index contributed by atoms with van der Waals surface area (Å²) in [5.74, 6) is 0.838. The predicted molar refractivity (Wildman–Crippen MR) is 170 cm³/mol. The summed E-state index contributed by atoms with van der Waals surface area (Å²) in [6, 6.07) is 38.5. The summed E-state index contributed by atoms with van der Waals surface area (Å²) in [5.41, 5.74) is 6.09. The first-order valence-corrected chi connectivity index (χ1v) is 14.9. The smallest absolute Gasteiger partial charge is 0.266 e. The van der Waals surface area contributed by atoms with Crippen molar-refractivity contribution in [2.24, 2.45) is 0 Å². The molecule has 1 aliphatic heterocycles. The fourth-order valence-corrected chi connectivity index (χ4v) is 6.43. The summed E-state index contributed by atoms with van der Waals surface area (Å²) in [7, 11) is 0. The zero-order valence-corrected chi connectivity index (χ0v) is 24.3. The molecule has 0 aliphatic carbocycles. The lowest BCUT2D eigenvalue weighted by atomic mass is 10.2. The monoisotopic (exact) mass is 570 g/mol. The van der Waals surface area contributed by atoms with Crippen LogP contribution in [0.3, 0.4) is 0 Å². The van der Waals surface area contributed by atoms with Gasteiger partial charge < -0.3 is 14.2 Å². The second-order valence-electron chi connectivity index (χ2n) is 10.6. The summed E-state index contributed by atoms with van der Waals surface area (Å²) in [6.45, 7) is 5.95. The van der Waals surface area contributed by atoms with E-state index in [1.165, 1.54) is 22.9 Å². The van der Waals surface area contributed by atoms with E-state index >= 15 is 0 Å². The van der Waals surface area contributed by atoms with Crippen LogP contribution in [0.4, 0.5) is 11.4 Å². The molecule has 0 N–H and O–H groups in total. The molecule has 0 amide bonds. The number of rotatable bonds is 6. The molecule has 0 spiro atoms. The van der Waals surface area contributed by atoms with Crippen LogP contribution in [0.25, 0.3) is 16.6 Å². The third kappa shape index (κ3) is 4.86. The minimum atomic E-state index is -0.120. The summed E-state index contributed by atoms with van der Waals surface area (Å²) in [4.78, 5) is 23.3. The minimum Gasteiger partial charge on any atom is -0.450 e. The van der Waals surface area contributed by atoms with Gasteiger partial charge in [-0.3, -0.25) is 9.36 Å². The number of aryl methyl sites for hydroxylation is 2. The Bertz CT molecular complexity index is 1860. The van der Waals surface area contributed by atoms with Gasteiger partial charge in [0.15, 0.2) is 16.4 Å². The van der Waals surface area contributed by atoms with Crippen molar-refractivity contribution in [3.8, 4) is 5.69 Å². The zero-order valence-electron chi connectivity index (χ0n) is 23.5. The van der Waals surface area contributed by atoms with Crippen molar-refractivity contribution < 1.29 is 4.42 Å². The summed E-state index contributed by atoms with van der Waals surface area (Å²) in [6.07, 6.45) is -0.120. The zero-order chi connectivity index (χ0) is 28.6. The van der Waals surface area contributed by atoms with Gasteiger partial charge in [-0.1, -0.05) is 65.7 Å². The van der Waals surface area contributed by atoms with Crippen molar-refractivity contribution in [3.05, 3.63) is 143 Å². The highest BCUT2D eigenvalue weighted by Gasteiger charge is 2.36. The first-order chi connectivity index (χ1) is 20.5. The van der Waals surface area contributed by atoms with E-state index in [1.54, 1.807) is 4.57 Å². The van der Waals surface area contributed by atoms with E-state index in [0.717, 1.165) is 35.9 Å². The molecule has 1 fully saturated rings. The highest BCUT2D eigenvalue weighted by molar-refractivity contribution is 7.99. The molecule has 42 heavy (non-hydrogen) atoms. The number of furan rings is 1. The Morgan fingerprint density at radius 3 is 1.93 bits per heavy atom. The molecule has 3 heterocycles. The van der Waals surface area contributed by atoms with Crippen LogP contribution in [0, 0.1) is 13.8 Å². The Balaban J connectivity index is 1.29. The van der Waals surface area contributed by atoms with Gasteiger partial charge in [0.2, 0.25) is 0 Å². The summed E-state index contributed by atoms with van der Waals surface area (Å²) in [5, 5.41) is 1.82. The second kappa shape index (κ2) is 10.9. The van der Waals surface area contributed by atoms with E-state index in [0.29, 0.717) is 21.2 Å². The van der Waals surface area contributed by atoms with Gasteiger partial charge in [-0.15, -0.1) is 0 Å². The van der Waals surface area contributed by atoms with E-state index < -0.39 is 0 Å². The van der Waals surface area contributed by atoms with Gasteiger partial charge in [-0.05, 0) is 86.3 Å². The fourth-order valence-electron chi connectivity index (χ4n) is 5.55. The molecule has 0 radical (unpaired) electrons. The topological polar surface area (TPSA) is 54.5 Å². The second-order valence-corrected chi connectivity index (χ2v) is 11.5. The van der Waals surface area contributed by atoms with Gasteiger partial charge in [-0.25, -0.2) is 4.98 Å². The third-order valence-corrected chi connectivity index (χ3v) is 8.59. The van der Waals surface area contributed by atoms with Crippen molar-refractivity contribution in [1.82, 2.24) is 9.55 Å². The summed E-state index contributed by atoms with van der Waals surface area (Å²) >= 11 is 1.36. The van der Waals surface area contributed by atoms with Crippen LogP contribution >= 0.6 is 11.8 Å². The van der Waals surface area contributed by atoms with Crippen molar-refractivity contribution >= 4 is 34.0 Å². The van der Waals surface area contributed by atoms with Crippen molar-refractivity contribution in [2.45, 2.75) is 30.3 Å². The first-order valence-electron chi connectivity index (χ1n) is 14.1. The highest BCUT2D eigenvalue weighted by atomic mass is 32.2. The maximum Gasteiger partial charge on any atom is 0.266 e. The average molecular weight is 571 g/mol. The molecule has 7 rings (SSSR count). The molecule has 6 aromatic rings. The largest absolute Gasteiger partial charge is 0.450 e. The molecule has 208 valence electrons. The van der Waals surface area contributed by atoms with Crippen LogP contribution in [-0.2, 0) is 0 Å². The van der Waals surface area contributed by atoms with Gasteiger partial charge in [-0.2, -0.15) is 0 Å². The molecular formula is C35H30N4O2S. The minimum absolute atomic E-state index is 0.104. The van der Waals surface area contributed by atoms with Gasteiger partial charge in [0, 0.05) is 24.5 Å². The van der Waals surface area contributed by atoms with Gasteiger partial charge in [0.1, 0.15) is 5.76 Å². The number of hydrogen-bond donors (Lipinski definition) is 0. The Morgan fingerprint density at radius 2 is 1.29 bits per heavy atom. The van der Waals surface area contributed by atoms with E-state index in [2.05, 4.69) is 72.2 Å². The molecule has 0 bridgehead atoms. The molecule has 1 aliphatic rings. The molecule has 4 aromatic carbocycles. The number of benzene rings is 4. The maximum absolute atomic E-state index is 13.7. The lowest BCUT2D eigenvalue weighted by Gasteiger charge is -2.31. The van der Waals surface area contributed by atoms with Crippen molar-refractivity contribution in [1.29, 1.82) is 0 Å². The molecular weight excluding hydrogens is 540 g/mol. The van der Waals surface area contributed by atoms with Crippen LogP contribution in [0.5, 0.6) is 0 Å². The Labute approximate surface area is 248 Å². The normalized spacial score (nSPS) is 13.8. The summed E-state index contributed by atoms with van der Waals surface area (Å²) < 4.78 is 8.26. The SMILES string of the molecule is Cc1ccc(N2CCN(c3ccc(C)cc3)C2c2ccc(Sc3nc4ccccc4c(=O)n3-c3ccccc3)o2)cc1. The van der Waals surface area contributed by atoms with Crippen molar-refractivity contribution in [3.63, 3.8) is 0 Å². The van der Waals surface area contributed by atoms with Gasteiger partial charge in [0.05, 0.1) is 16.6 Å². The standard InChI is InChI=1S/C35H30N4O2S/c1-24-12-16-26(17-13-24)37-22-23-38(27-18-14-25(2)15-19-27)33(37)31-20-21-32(41-31)42-35-36-30-11-7-6-10-29(30)34(40)39(35)28-8-4-3-5-9-28/h3-21,33H,22-23H2,1-2H3. The molecule has 0 atom stereocenters. The molecule has 1 saturated heterocycles. The fraction of sp³-hybridized carbons (Fsp3) is 0.143. The van der Waals surface area contributed by atoms with Gasteiger partial charge in [0.25, 0.3) is 5.56 Å². The van der Waals surface area contributed by atoms with E-state index in [9.17, 15) is 4.79 Å². The number of nitrogens with zero attached hydrogens (tertiary/aromatic N) is 4. The van der Waals surface area contributed by atoms with Crippen LogP contribution < -0.4 is 15.4 Å². The lowest BCUT2D eigenvalue weighted by molar-refractivity contribution is 0.403. The molecule has 7 heteroatoms. The predicted octanol–water partition coefficient (Wildman–Crippen LogP) is 7.77. The molecule has 0 unspecified atom stereocenters. The quantitative estimate of drug-likeness (QED) is 0.191. The molecule has 2 aromatic heterocycles. The van der Waals surface area contributed by atoms with Crippen LogP contribution in [0.1, 0.15) is 23.1 Å². The number of aromatic nitrogens is 2. The first kappa shape index (κ1) is 26.2. The van der Waals surface area contributed by atoms with Crippen molar-refractivity contribution in [2.75, 3.05) is 22.9 Å². The van der Waals surface area contributed by atoms with Crippen LogP contribution in [0.2, 0.25) is 0 Å². The Morgan fingerprint density at radius 1 is 0.690 bits per heavy atom.